The van der Waals surface area contributed by atoms with Gasteiger partial charge in [0.2, 0.25) is 5.13 Å². The lowest BCUT2D eigenvalue weighted by molar-refractivity contribution is 0.0781. The first kappa shape index (κ1) is 22.0. The summed E-state index contributed by atoms with van der Waals surface area (Å²) in [5.41, 5.74) is 1.03. The molecule has 168 valence electrons. The van der Waals surface area contributed by atoms with Crippen LogP contribution in [0.3, 0.4) is 0 Å². The molecule has 0 spiro atoms. The van der Waals surface area contributed by atoms with E-state index in [0.717, 1.165) is 11.5 Å². The van der Waals surface area contributed by atoms with Crippen molar-refractivity contribution >= 4 is 28.6 Å². The first-order valence-corrected chi connectivity index (χ1v) is 10.4. The van der Waals surface area contributed by atoms with Crippen molar-refractivity contribution in [1.29, 1.82) is 0 Å². The largest absolute Gasteiger partial charge is 0.334 e. The number of carbonyl (C=O) groups is 2. The number of anilines is 1. The first-order valence-electron chi connectivity index (χ1n) is 9.66. The lowest BCUT2D eigenvalue weighted by Crippen LogP contribution is -2.28. The predicted molar refractivity (Wildman–Crippen MR) is 117 cm³/mol. The molecule has 33 heavy (non-hydrogen) atoms. The number of halogens is 1. The Hall–Kier alpha value is -4.26. The zero-order chi connectivity index (χ0) is 23.2. The Morgan fingerprint density at radius 3 is 2.85 bits per heavy atom. The predicted octanol–water partition coefficient (Wildman–Crippen LogP) is 2.25. The summed E-state index contributed by atoms with van der Waals surface area (Å²) in [4.78, 5) is 38.5. The Bertz CT molecular complexity index is 1240. The number of nitrogens with zero attached hydrogens (tertiary/aromatic N) is 7. The molecule has 0 saturated heterocycles. The van der Waals surface area contributed by atoms with E-state index >= 15 is 0 Å². The van der Waals surface area contributed by atoms with Crippen molar-refractivity contribution in [2.45, 2.75) is 13.1 Å². The summed E-state index contributed by atoms with van der Waals surface area (Å²) in [7, 11) is 1.62. The van der Waals surface area contributed by atoms with Crippen LogP contribution >= 0.6 is 11.5 Å². The van der Waals surface area contributed by atoms with E-state index < -0.39 is 6.03 Å². The van der Waals surface area contributed by atoms with Crippen LogP contribution in [-0.4, -0.2) is 53.0 Å². The number of nitrogens with one attached hydrogen (secondary N) is 2. The van der Waals surface area contributed by atoms with Crippen molar-refractivity contribution < 1.29 is 14.0 Å². The maximum atomic E-state index is 13.2. The van der Waals surface area contributed by atoms with Crippen LogP contribution in [0.15, 0.2) is 55.2 Å². The quantitative estimate of drug-likeness (QED) is 0.426. The van der Waals surface area contributed by atoms with Crippen molar-refractivity contribution in [1.82, 2.24) is 39.3 Å². The Kier molecular flexibility index (Phi) is 6.59. The molecule has 0 bridgehead atoms. The highest BCUT2D eigenvalue weighted by molar-refractivity contribution is 7.09. The summed E-state index contributed by atoms with van der Waals surface area (Å²) in [5.74, 6) is 0.289. The third-order valence-electron chi connectivity index (χ3n) is 4.40. The number of benzene rings is 1. The van der Waals surface area contributed by atoms with Crippen molar-refractivity contribution in [2.75, 3.05) is 12.4 Å². The highest BCUT2D eigenvalue weighted by Gasteiger charge is 2.16. The molecular weight excluding hydrogens is 449 g/mol. The fourth-order valence-corrected chi connectivity index (χ4v) is 3.39. The molecule has 0 aliphatic carbocycles. The molecule has 4 aromatic rings. The van der Waals surface area contributed by atoms with Crippen molar-refractivity contribution in [3.05, 3.63) is 78.0 Å². The van der Waals surface area contributed by atoms with E-state index in [-0.39, 0.29) is 29.9 Å². The van der Waals surface area contributed by atoms with Gasteiger partial charge in [-0.25, -0.2) is 28.8 Å². The van der Waals surface area contributed by atoms with Gasteiger partial charge in [-0.2, -0.15) is 9.47 Å². The smallest absolute Gasteiger partial charge is 0.321 e. The second kappa shape index (κ2) is 9.91. The molecule has 0 unspecified atom stereocenters. The van der Waals surface area contributed by atoms with E-state index in [4.69, 9.17) is 0 Å². The molecule has 0 aliphatic heterocycles. The van der Waals surface area contributed by atoms with Crippen LogP contribution in [0.1, 0.15) is 21.7 Å². The number of carbonyl (C=O) groups excluding carboxylic acids is 2. The number of hydrogen-bond acceptors (Lipinski definition) is 8. The minimum atomic E-state index is -0.495. The van der Waals surface area contributed by atoms with Crippen molar-refractivity contribution in [3.63, 3.8) is 0 Å². The molecule has 3 heterocycles. The number of urea groups is 1. The summed E-state index contributed by atoms with van der Waals surface area (Å²) in [6, 6.07) is 8.77. The van der Waals surface area contributed by atoms with Crippen LogP contribution in [0.25, 0.3) is 5.82 Å². The van der Waals surface area contributed by atoms with Gasteiger partial charge < -0.3 is 10.2 Å². The van der Waals surface area contributed by atoms with E-state index in [1.807, 2.05) is 0 Å². The normalized spacial score (nSPS) is 10.6. The van der Waals surface area contributed by atoms with Crippen LogP contribution in [0.2, 0.25) is 0 Å². The lowest BCUT2D eigenvalue weighted by Gasteiger charge is -2.15. The molecule has 4 rings (SSSR count). The number of amides is 3. The third kappa shape index (κ3) is 5.71. The van der Waals surface area contributed by atoms with Gasteiger partial charge >= 0.3 is 6.03 Å². The average Bonchev–Trinajstić information content (AvgIpc) is 3.50. The highest BCUT2D eigenvalue weighted by Crippen LogP contribution is 2.14. The third-order valence-corrected chi connectivity index (χ3v) is 5.07. The number of aromatic nitrogens is 6. The molecule has 13 heteroatoms. The zero-order valence-electron chi connectivity index (χ0n) is 17.3. The van der Waals surface area contributed by atoms with E-state index in [2.05, 4.69) is 35.1 Å². The number of pyridine rings is 1. The van der Waals surface area contributed by atoms with E-state index in [1.54, 1.807) is 31.3 Å². The Morgan fingerprint density at radius 2 is 2.12 bits per heavy atom. The molecule has 2 N–H and O–H groups in total. The average molecular weight is 467 g/mol. The van der Waals surface area contributed by atoms with Gasteiger partial charge in [0, 0.05) is 31.3 Å². The van der Waals surface area contributed by atoms with Crippen LogP contribution in [0.4, 0.5) is 14.3 Å². The summed E-state index contributed by atoms with van der Waals surface area (Å²) in [6.07, 6.45) is 4.37. The Morgan fingerprint density at radius 1 is 1.24 bits per heavy atom. The minimum Gasteiger partial charge on any atom is -0.334 e. The maximum absolute atomic E-state index is 13.2. The summed E-state index contributed by atoms with van der Waals surface area (Å²) in [6.45, 7) is 0.309. The Labute approximate surface area is 191 Å². The summed E-state index contributed by atoms with van der Waals surface area (Å²) >= 11 is 0.993. The molecular formula is C20H18FN9O2S. The SMILES string of the molecule is CN(Cc1nsc(NC(=O)NCc2cccc(F)c2)n1)C(=O)c1ccc(-n2cncn2)nc1. The molecule has 3 aromatic heterocycles. The second-order valence-corrected chi connectivity index (χ2v) is 7.61. The van der Waals surface area contributed by atoms with Gasteiger partial charge in [-0.1, -0.05) is 12.1 Å². The first-order chi connectivity index (χ1) is 16.0. The topological polar surface area (TPSA) is 131 Å². The van der Waals surface area contributed by atoms with Crippen LogP contribution in [0.5, 0.6) is 0 Å². The summed E-state index contributed by atoms with van der Waals surface area (Å²) < 4.78 is 18.9. The van der Waals surface area contributed by atoms with E-state index in [9.17, 15) is 14.0 Å². The molecule has 0 atom stereocenters. The van der Waals surface area contributed by atoms with Gasteiger partial charge in [0.1, 0.15) is 18.5 Å². The van der Waals surface area contributed by atoms with Gasteiger partial charge in [0.25, 0.3) is 5.91 Å². The van der Waals surface area contributed by atoms with Crippen LogP contribution in [0, 0.1) is 5.82 Å². The van der Waals surface area contributed by atoms with Crippen molar-refractivity contribution in [2.24, 2.45) is 0 Å². The highest BCUT2D eigenvalue weighted by atomic mass is 32.1. The van der Waals surface area contributed by atoms with Gasteiger partial charge in [0.15, 0.2) is 11.6 Å². The molecule has 11 nitrogen and oxygen atoms in total. The maximum Gasteiger partial charge on any atom is 0.321 e. The van der Waals surface area contributed by atoms with Crippen molar-refractivity contribution in [3.8, 4) is 5.82 Å². The second-order valence-electron chi connectivity index (χ2n) is 6.86. The molecule has 1 aromatic carbocycles. The molecule has 3 amide bonds. The van der Waals surface area contributed by atoms with Crippen LogP contribution in [-0.2, 0) is 13.1 Å². The zero-order valence-corrected chi connectivity index (χ0v) is 18.2. The number of hydrogen-bond donors (Lipinski definition) is 2. The van der Waals surface area contributed by atoms with Crippen LogP contribution < -0.4 is 10.6 Å². The fourth-order valence-electron chi connectivity index (χ4n) is 2.82. The van der Waals surface area contributed by atoms with Gasteiger partial charge in [-0.05, 0) is 29.8 Å². The molecule has 0 radical (unpaired) electrons. The van der Waals surface area contributed by atoms with Gasteiger partial charge in [-0.3, -0.25) is 10.1 Å². The standard InChI is InChI=1S/C20H18FN9O2S/c1-29(18(31)14-5-6-17(23-9-14)30-12-22-11-25-30)10-16-26-20(33-28-16)27-19(32)24-8-13-3-2-4-15(21)7-13/h2-7,9,11-12H,8,10H2,1H3,(H2,24,26,27,28,32). The van der Waals surface area contributed by atoms with E-state index in [1.165, 1.54) is 40.6 Å². The fraction of sp³-hybridized carbons (Fsp3) is 0.150. The lowest BCUT2D eigenvalue weighted by atomic mass is 10.2. The summed E-state index contributed by atoms with van der Waals surface area (Å²) in [5, 5.41) is 9.46. The molecule has 0 fully saturated rings. The van der Waals surface area contributed by atoms with Gasteiger partial charge in [-0.15, -0.1) is 0 Å². The number of rotatable bonds is 7. The van der Waals surface area contributed by atoms with E-state index in [0.29, 0.717) is 22.8 Å². The Balaban J connectivity index is 1.29. The molecule has 0 saturated carbocycles. The monoisotopic (exact) mass is 467 g/mol. The minimum absolute atomic E-state index is 0.146. The van der Waals surface area contributed by atoms with Gasteiger partial charge in [0.05, 0.1) is 12.1 Å². The molecule has 0 aliphatic rings.